The maximum absolute atomic E-state index is 6.56. The second-order valence-electron chi connectivity index (χ2n) is 31.9. The van der Waals surface area contributed by atoms with Crippen LogP contribution in [-0.4, -0.2) is 134 Å². The summed E-state index contributed by atoms with van der Waals surface area (Å²) in [4.78, 5) is 0. The van der Waals surface area contributed by atoms with Gasteiger partial charge in [0.25, 0.3) is 0 Å². The van der Waals surface area contributed by atoms with Gasteiger partial charge in [0.05, 0.1) is 5.34 Å². The van der Waals surface area contributed by atoms with Gasteiger partial charge in [-0.1, -0.05) is 96.0 Å². The van der Waals surface area contributed by atoms with Crippen LogP contribution in [0.3, 0.4) is 0 Å². The Kier molecular flexibility index (Phi) is 28.7. The summed E-state index contributed by atoms with van der Waals surface area (Å²) in [7, 11) is -12.6. The average Bonchev–Trinajstić information content (AvgIpc) is 1.70. The van der Waals surface area contributed by atoms with Crippen molar-refractivity contribution in [2.75, 3.05) is 33.8 Å². The smallest absolute Gasteiger partial charge is 0.206 e. The van der Waals surface area contributed by atoms with Crippen LogP contribution in [-0.2, 0) is 34.2 Å². The third kappa shape index (κ3) is 23.2. The first-order chi connectivity index (χ1) is 41.6. The van der Waals surface area contributed by atoms with Gasteiger partial charge >= 0.3 is 0 Å². The van der Waals surface area contributed by atoms with Gasteiger partial charge in [-0.3, -0.25) is 0 Å². The minimum absolute atomic E-state index is 0.194. The normalized spacial score (nSPS) is 21.8. The molecule has 0 aliphatic carbocycles. The molecule has 4 aromatic carbocycles. The van der Waals surface area contributed by atoms with Crippen molar-refractivity contribution in [2.24, 2.45) is 0 Å². The number of terminal acetylenes is 2. The van der Waals surface area contributed by atoms with Gasteiger partial charge in [0, 0.05) is 61.7 Å². The minimum Gasteiger partial charge on any atom is -0.455 e. The van der Waals surface area contributed by atoms with Crippen LogP contribution in [0.2, 0.25) is 181 Å². The van der Waals surface area contributed by atoms with E-state index in [1.54, 1.807) is 0 Å². The van der Waals surface area contributed by atoms with E-state index in [1.165, 1.54) is 55.9 Å². The van der Waals surface area contributed by atoms with Gasteiger partial charge in [0.1, 0.15) is 0 Å². The fourth-order valence-corrected chi connectivity index (χ4v) is 70.8. The van der Waals surface area contributed by atoms with Crippen molar-refractivity contribution in [1.82, 2.24) is 0 Å². The molecule has 8 rings (SSSR count). The predicted octanol–water partition coefficient (Wildman–Crippen LogP) is 20.7. The van der Waals surface area contributed by atoms with Crippen LogP contribution < -0.4 is 0 Å². The van der Waals surface area contributed by atoms with Gasteiger partial charge in [-0.05, 0) is 249 Å². The van der Waals surface area contributed by atoms with Crippen LogP contribution >= 0.6 is 23.2 Å². The molecular formula is C69H118Cl2O8Si12. The zero-order valence-corrected chi connectivity index (χ0v) is 74.9. The first kappa shape index (κ1) is 81.8. The lowest BCUT2D eigenvalue weighted by Crippen LogP contribution is -2.44. The maximum atomic E-state index is 6.56. The fraction of sp³-hybridized carbons (Fsp3) is 0.536. The van der Waals surface area contributed by atoms with Crippen LogP contribution in [0.5, 0.6) is 0 Å². The van der Waals surface area contributed by atoms with Crippen LogP contribution in [0.4, 0.5) is 0 Å². The first-order valence-corrected chi connectivity index (χ1v) is 69.8. The Morgan fingerprint density at radius 2 is 0.714 bits per heavy atom. The third-order valence-electron chi connectivity index (χ3n) is 18.9. The lowest BCUT2D eigenvalue weighted by molar-refractivity contribution is 0.381. The molecule has 4 aromatic rings. The summed E-state index contributed by atoms with van der Waals surface area (Å²) >= 11 is 9.53. The Morgan fingerprint density at radius 1 is 0.440 bits per heavy atom. The molecule has 0 bridgehead atoms. The number of alkyl halides is 2. The van der Waals surface area contributed by atoms with E-state index in [2.05, 4.69) is 253 Å². The molecule has 4 atom stereocenters. The van der Waals surface area contributed by atoms with Crippen molar-refractivity contribution < 1.29 is 34.2 Å². The Labute approximate surface area is 577 Å². The van der Waals surface area contributed by atoms with Crippen LogP contribution in [0.25, 0.3) is 10.4 Å². The molecule has 2 fully saturated rings. The van der Waals surface area contributed by atoms with Gasteiger partial charge in [0.15, 0.2) is 83.2 Å². The molecule has 22 heteroatoms. The van der Waals surface area contributed by atoms with Crippen LogP contribution in [0.15, 0.2) is 108 Å². The molecule has 4 heterocycles. The van der Waals surface area contributed by atoms with Gasteiger partial charge < -0.3 is 34.2 Å². The lowest BCUT2D eigenvalue weighted by atomic mass is 10.1. The van der Waals surface area contributed by atoms with Crippen molar-refractivity contribution in [1.29, 1.82) is 0 Å². The average molecular weight is 1480 g/mol. The molecule has 91 heavy (non-hydrogen) atoms. The van der Waals surface area contributed by atoms with Gasteiger partial charge in [0.2, 0.25) is 16.6 Å². The Bertz CT molecular complexity index is 2960. The van der Waals surface area contributed by atoms with Crippen molar-refractivity contribution in [2.45, 2.75) is 203 Å². The summed E-state index contributed by atoms with van der Waals surface area (Å²) in [5, 5.41) is 3.15. The highest BCUT2D eigenvalue weighted by Crippen LogP contribution is 2.48. The Balaban J connectivity index is 0.000000266. The van der Waals surface area contributed by atoms with Crippen LogP contribution in [0, 0.1) is 24.7 Å². The first-order valence-electron chi connectivity index (χ1n) is 32.5. The number of halogens is 2. The van der Waals surface area contributed by atoms with Crippen LogP contribution in [0.1, 0.15) is 66.7 Å². The second-order valence-corrected chi connectivity index (χ2v) is 83.1. The van der Waals surface area contributed by atoms with Gasteiger partial charge in [-0.2, -0.15) is 0 Å². The molecule has 4 aliphatic rings. The molecule has 0 amide bonds. The highest BCUT2D eigenvalue weighted by molar-refractivity contribution is 7.04. The van der Waals surface area contributed by atoms with Crippen molar-refractivity contribution in [3.8, 4) is 24.7 Å². The van der Waals surface area contributed by atoms with Crippen molar-refractivity contribution in [3.63, 3.8) is 0 Å². The molecule has 0 saturated carbocycles. The quantitative estimate of drug-likeness (QED) is 0.0624. The zero-order chi connectivity index (χ0) is 69.4. The summed E-state index contributed by atoms with van der Waals surface area (Å²) in [5.74, 6) is 5.02. The lowest BCUT2D eigenvalue weighted by Gasteiger charge is -2.37. The van der Waals surface area contributed by atoms with E-state index in [0.717, 1.165) is 23.2 Å². The molecule has 0 spiro atoms. The van der Waals surface area contributed by atoms with Gasteiger partial charge in [-0.25, -0.2) is 0 Å². The molecular weight excluding hydrogens is 1360 g/mol. The molecule has 0 aromatic heterocycles. The number of hydrogen-bond acceptors (Lipinski definition) is 8. The molecule has 4 aliphatic heterocycles. The third-order valence-corrected chi connectivity index (χ3v) is 62.2. The SMILES string of the molecule is C#Cc1ccc(C#C)cc1.CO[Si](C)(C)CC(c1ccc(C(C[Si](C)(C)OC)[Si](C)(C)OC)cc1)[Si](C)(C)OC.C[Si]1(C)C=C(c2ccc(C3=C[Si](C)(C)O[Si]3(C)C)cc2)[Si](C)(C)O1.C[Si]1(C)CC(c2ccc(C3C[Si](C)(C)O[Si]3(C)C)cc2)[Si](C)(C)O1.ClCCl. The van der Waals surface area contributed by atoms with Crippen molar-refractivity contribution in [3.05, 3.63) is 153 Å². The highest BCUT2D eigenvalue weighted by Gasteiger charge is 2.52. The fourth-order valence-electron chi connectivity index (χ4n) is 13.9. The molecule has 4 unspecified atom stereocenters. The van der Waals surface area contributed by atoms with E-state index in [-0.39, 0.29) is 5.34 Å². The number of rotatable bonds is 16. The molecule has 8 nitrogen and oxygen atoms in total. The molecule has 2 saturated heterocycles. The largest absolute Gasteiger partial charge is 0.455 e. The molecule has 0 N–H and O–H groups in total. The summed E-state index contributed by atoms with van der Waals surface area (Å²) in [6.07, 6.45) is 10.3. The van der Waals surface area contributed by atoms with E-state index in [1.807, 2.05) is 52.7 Å². The topological polar surface area (TPSA) is 73.8 Å². The highest BCUT2D eigenvalue weighted by atomic mass is 35.5. The Hall–Kier alpha value is -1.66. The minimum atomic E-state index is -1.88. The predicted molar refractivity (Wildman–Crippen MR) is 427 cm³/mol. The van der Waals surface area contributed by atoms with E-state index < -0.39 is 99.8 Å². The zero-order valence-electron chi connectivity index (χ0n) is 61.4. The van der Waals surface area contributed by atoms with E-state index in [4.69, 9.17) is 70.2 Å². The van der Waals surface area contributed by atoms with E-state index in [9.17, 15) is 0 Å². The number of benzene rings is 4. The summed E-state index contributed by atoms with van der Waals surface area (Å²) in [6.45, 7) is 56.1. The summed E-state index contributed by atoms with van der Waals surface area (Å²) in [6, 6.07) is 40.2. The maximum Gasteiger partial charge on any atom is 0.206 e. The summed E-state index contributed by atoms with van der Waals surface area (Å²) in [5.41, 5.74) is 17.3. The van der Waals surface area contributed by atoms with E-state index >= 15 is 0 Å². The number of hydrogen-bond donors (Lipinski definition) is 0. The van der Waals surface area contributed by atoms with E-state index in [0.29, 0.717) is 22.2 Å². The summed E-state index contributed by atoms with van der Waals surface area (Å²) < 4.78 is 50.0. The molecule has 504 valence electrons. The second kappa shape index (κ2) is 31.9. The Morgan fingerprint density at radius 3 is 0.912 bits per heavy atom. The monoisotopic (exact) mass is 1480 g/mol. The standard InChI is InChI=1S/C22H46O4Si4.C18H34O2Si4.C18H30O2Si4.C10H6.CH2Cl2/c1-23-27(5,6)17-21(29(9,10)25-3)19-13-15-20(16-14-19)22(30(11,12)26-4)18-28(7,8)24-2;2*1-21(2)13-17(23(5,6)19-21)15-9-11-16(12-10-15)18-14-22(3,4)20-24(18,7)8;1-3-9-5-7-10(4-2)8-6-9;2-1-3/h13-16,21-22H,17-18H2,1-12H3;9-12,17-18H,13-14H2,1-8H3;9-14H,1-8H3;1-2,5-8H;1H2. The molecule has 0 radical (unpaired) electrons. The van der Waals surface area contributed by atoms with Crippen molar-refractivity contribution >= 4 is 133 Å². The van der Waals surface area contributed by atoms with Gasteiger partial charge in [-0.15, -0.1) is 36.0 Å².